The van der Waals surface area contributed by atoms with E-state index in [2.05, 4.69) is 5.32 Å². The predicted molar refractivity (Wildman–Crippen MR) is 104 cm³/mol. The number of carbonyl (C=O) groups excluding carboxylic acids is 2. The van der Waals surface area contributed by atoms with E-state index in [1.54, 1.807) is 7.11 Å². The number of thioether (sulfide) groups is 1. The van der Waals surface area contributed by atoms with Crippen molar-refractivity contribution in [2.75, 3.05) is 12.4 Å². The number of anilines is 1. The first-order valence-electron chi connectivity index (χ1n) is 8.56. The summed E-state index contributed by atoms with van der Waals surface area (Å²) in [5, 5.41) is 2.59. The predicted octanol–water partition coefficient (Wildman–Crippen LogP) is 4.51. The molecule has 8 heteroatoms. The average Bonchev–Trinajstić information content (AvgIpc) is 2.67. The van der Waals surface area contributed by atoms with Crippen molar-refractivity contribution in [3.63, 3.8) is 0 Å². The lowest BCUT2D eigenvalue weighted by Crippen LogP contribution is -2.30. The molecule has 0 aliphatic rings. The third kappa shape index (κ3) is 6.84. The lowest BCUT2D eigenvalue weighted by Gasteiger charge is -2.14. The van der Waals surface area contributed by atoms with Crippen LogP contribution in [0.4, 0.5) is 14.5 Å². The molecule has 2 aromatic rings. The Morgan fingerprint density at radius 2 is 1.79 bits per heavy atom. The minimum Gasteiger partial charge on any atom is -0.496 e. The smallest absolute Gasteiger partial charge is 0.306 e. The van der Waals surface area contributed by atoms with E-state index in [0.717, 1.165) is 5.56 Å². The zero-order valence-corrected chi connectivity index (χ0v) is 16.3. The van der Waals surface area contributed by atoms with E-state index >= 15 is 0 Å². The average molecular weight is 409 g/mol. The van der Waals surface area contributed by atoms with Crippen molar-refractivity contribution in [2.45, 2.75) is 36.5 Å². The van der Waals surface area contributed by atoms with E-state index in [1.807, 2.05) is 24.3 Å². The number of nitrogens with one attached hydrogen (secondary N) is 1. The number of aryl methyl sites for hydroxylation is 1. The maximum absolute atomic E-state index is 12.3. The zero-order chi connectivity index (χ0) is 20.5. The molecule has 0 radical (unpaired) electrons. The van der Waals surface area contributed by atoms with E-state index in [9.17, 15) is 18.4 Å². The van der Waals surface area contributed by atoms with Gasteiger partial charge in [0.2, 0.25) is 0 Å². The van der Waals surface area contributed by atoms with E-state index in [-0.39, 0.29) is 6.42 Å². The van der Waals surface area contributed by atoms with E-state index in [0.29, 0.717) is 34.5 Å². The molecule has 0 fully saturated rings. The molecule has 0 bridgehead atoms. The second kappa shape index (κ2) is 10.7. The van der Waals surface area contributed by atoms with Crippen molar-refractivity contribution in [1.82, 2.24) is 0 Å². The van der Waals surface area contributed by atoms with Crippen LogP contribution in [0.1, 0.15) is 18.9 Å². The van der Waals surface area contributed by atoms with Gasteiger partial charge in [-0.2, -0.15) is 8.78 Å². The Balaban J connectivity index is 1.81. The summed E-state index contributed by atoms with van der Waals surface area (Å²) < 4.78 is 35.0. The summed E-state index contributed by atoms with van der Waals surface area (Å²) in [7, 11) is 1.56. The normalized spacial score (nSPS) is 11.8. The van der Waals surface area contributed by atoms with Crippen LogP contribution in [0.3, 0.4) is 0 Å². The van der Waals surface area contributed by atoms with Gasteiger partial charge in [-0.15, -0.1) is 0 Å². The second-order valence-electron chi connectivity index (χ2n) is 5.84. The summed E-state index contributed by atoms with van der Waals surface area (Å²) in [5.74, 6) is -2.82. The summed E-state index contributed by atoms with van der Waals surface area (Å²) in [6.45, 7) is 1.47. The first kappa shape index (κ1) is 21.7. The van der Waals surface area contributed by atoms with Crippen LogP contribution < -0.4 is 10.1 Å². The van der Waals surface area contributed by atoms with E-state index in [1.165, 1.54) is 31.2 Å². The first-order valence-corrected chi connectivity index (χ1v) is 9.44. The van der Waals surface area contributed by atoms with Gasteiger partial charge in [-0.05, 0) is 49.2 Å². The molecule has 2 aromatic carbocycles. The van der Waals surface area contributed by atoms with Gasteiger partial charge in [0.05, 0.1) is 7.11 Å². The lowest BCUT2D eigenvalue weighted by molar-refractivity contribution is -0.153. The number of benzene rings is 2. The van der Waals surface area contributed by atoms with Crippen molar-refractivity contribution in [3.8, 4) is 5.75 Å². The van der Waals surface area contributed by atoms with Gasteiger partial charge in [-0.3, -0.25) is 9.59 Å². The number of esters is 1. The van der Waals surface area contributed by atoms with Gasteiger partial charge in [0.1, 0.15) is 5.75 Å². The van der Waals surface area contributed by atoms with Crippen molar-refractivity contribution < 1.29 is 27.8 Å². The van der Waals surface area contributed by atoms with Crippen LogP contribution in [0, 0.1) is 0 Å². The molecule has 28 heavy (non-hydrogen) atoms. The number of alkyl halides is 2. The van der Waals surface area contributed by atoms with Crippen LogP contribution in [0.25, 0.3) is 0 Å². The molecule has 0 heterocycles. The lowest BCUT2D eigenvalue weighted by atomic mass is 10.1. The Hall–Kier alpha value is -2.61. The molecule has 150 valence electrons. The molecule has 1 atom stereocenters. The third-order valence-electron chi connectivity index (χ3n) is 3.82. The zero-order valence-electron chi connectivity index (χ0n) is 15.5. The van der Waals surface area contributed by atoms with Gasteiger partial charge >= 0.3 is 5.97 Å². The monoisotopic (exact) mass is 409 g/mol. The largest absolute Gasteiger partial charge is 0.496 e. The Morgan fingerprint density at radius 1 is 1.11 bits per heavy atom. The molecule has 0 saturated heterocycles. The molecule has 1 amide bonds. The van der Waals surface area contributed by atoms with Crippen LogP contribution in [-0.2, 0) is 20.7 Å². The summed E-state index contributed by atoms with van der Waals surface area (Å²) in [6, 6.07) is 13.3. The van der Waals surface area contributed by atoms with Gasteiger partial charge in [0, 0.05) is 17.0 Å². The first-order chi connectivity index (χ1) is 13.4. The highest BCUT2D eigenvalue weighted by atomic mass is 32.2. The standard InChI is InChI=1S/C20H21F2NO4S/c1-13(19(25)23-15-8-10-16(11-9-15)28-20(21)22)27-18(24)12-7-14-5-3-4-6-17(14)26-2/h3-6,8-11,13,20H,7,12H2,1-2H3,(H,23,25)/t13-/m0/s1. The minimum absolute atomic E-state index is 0.109. The van der Waals surface area contributed by atoms with Crippen molar-refractivity contribution in [1.29, 1.82) is 0 Å². The Bertz CT molecular complexity index is 799. The number of halogens is 2. The molecule has 1 N–H and O–H groups in total. The van der Waals surface area contributed by atoms with Crippen LogP contribution >= 0.6 is 11.8 Å². The highest BCUT2D eigenvalue weighted by molar-refractivity contribution is 7.99. The molecule has 0 aliphatic heterocycles. The Kier molecular flexibility index (Phi) is 8.25. The Labute approximate surface area is 166 Å². The molecule has 2 rings (SSSR count). The number of hydrogen-bond donors (Lipinski definition) is 1. The summed E-state index contributed by atoms with van der Waals surface area (Å²) >= 11 is 0.423. The molecular formula is C20H21F2NO4S. The number of para-hydroxylation sites is 1. The molecule has 0 unspecified atom stereocenters. The van der Waals surface area contributed by atoms with Gasteiger partial charge in [0.25, 0.3) is 11.7 Å². The van der Waals surface area contributed by atoms with Crippen LogP contribution in [-0.4, -0.2) is 30.8 Å². The van der Waals surface area contributed by atoms with Crippen molar-refractivity contribution in [3.05, 3.63) is 54.1 Å². The number of amides is 1. The summed E-state index contributed by atoms with van der Waals surface area (Å²) in [5.41, 5.74) is 1.31. The number of ether oxygens (including phenoxy) is 2. The Morgan fingerprint density at radius 3 is 2.43 bits per heavy atom. The van der Waals surface area contributed by atoms with Gasteiger partial charge in [-0.25, -0.2) is 0 Å². The fraction of sp³-hybridized carbons (Fsp3) is 0.300. The fourth-order valence-corrected chi connectivity index (χ4v) is 2.92. The van der Waals surface area contributed by atoms with Gasteiger partial charge < -0.3 is 14.8 Å². The highest BCUT2D eigenvalue weighted by Gasteiger charge is 2.18. The number of hydrogen-bond acceptors (Lipinski definition) is 5. The molecule has 5 nitrogen and oxygen atoms in total. The van der Waals surface area contributed by atoms with Crippen LogP contribution in [0.2, 0.25) is 0 Å². The maximum Gasteiger partial charge on any atom is 0.306 e. The minimum atomic E-state index is -2.50. The molecule has 0 saturated carbocycles. The summed E-state index contributed by atoms with van der Waals surface area (Å²) in [4.78, 5) is 24.6. The molecule has 0 spiro atoms. The van der Waals surface area contributed by atoms with Crippen molar-refractivity contribution >= 4 is 29.3 Å². The van der Waals surface area contributed by atoms with E-state index < -0.39 is 23.7 Å². The third-order valence-corrected chi connectivity index (χ3v) is 4.54. The van der Waals surface area contributed by atoms with Gasteiger partial charge in [-0.1, -0.05) is 30.0 Å². The van der Waals surface area contributed by atoms with E-state index in [4.69, 9.17) is 9.47 Å². The fourth-order valence-electron chi connectivity index (χ4n) is 2.42. The van der Waals surface area contributed by atoms with Crippen LogP contribution in [0.15, 0.2) is 53.4 Å². The SMILES string of the molecule is COc1ccccc1CCC(=O)O[C@@H](C)C(=O)Nc1ccc(SC(F)F)cc1. The quantitative estimate of drug-likeness (QED) is 0.488. The highest BCUT2D eigenvalue weighted by Crippen LogP contribution is 2.26. The van der Waals surface area contributed by atoms with Crippen molar-refractivity contribution in [2.24, 2.45) is 0 Å². The molecular weight excluding hydrogens is 388 g/mol. The molecule has 0 aromatic heterocycles. The number of methoxy groups -OCH3 is 1. The molecule has 0 aliphatic carbocycles. The second-order valence-corrected chi connectivity index (χ2v) is 6.90. The van der Waals surface area contributed by atoms with Crippen LogP contribution in [0.5, 0.6) is 5.75 Å². The van der Waals surface area contributed by atoms with Gasteiger partial charge in [0.15, 0.2) is 6.10 Å². The summed E-state index contributed by atoms with van der Waals surface area (Å²) in [6.07, 6.45) is -0.446. The number of carbonyl (C=O) groups is 2. The number of rotatable bonds is 9. The maximum atomic E-state index is 12.3. The topological polar surface area (TPSA) is 64.6 Å².